The van der Waals surface area contributed by atoms with Crippen LogP contribution in [0, 0.1) is 0 Å². The lowest BCUT2D eigenvalue weighted by atomic mass is 10.1. The quantitative estimate of drug-likeness (QED) is 0.202. The first-order valence-electron chi connectivity index (χ1n) is 8.25. The molecule has 1 atom stereocenters. The molecule has 8 N–H and O–H groups in total. The highest BCUT2D eigenvalue weighted by Crippen LogP contribution is 1.98. The van der Waals surface area contributed by atoms with E-state index in [4.69, 9.17) is 21.1 Å². The summed E-state index contributed by atoms with van der Waals surface area (Å²) in [5.41, 5.74) is 5.06. The van der Waals surface area contributed by atoms with Crippen LogP contribution in [0.5, 0.6) is 0 Å². The Morgan fingerprint density at radius 1 is 0.926 bits per heavy atom. The van der Waals surface area contributed by atoms with Gasteiger partial charge in [0.1, 0.15) is 6.04 Å². The van der Waals surface area contributed by atoms with Crippen molar-refractivity contribution >= 4 is 29.8 Å². The van der Waals surface area contributed by atoms with Crippen LogP contribution in [0.1, 0.15) is 38.5 Å². The van der Waals surface area contributed by atoms with Crippen molar-refractivity contribution in [2.24, 2.45) is 5.73 Å². The van der Waals surface area contributed by atoms with Gasteiger partial charge in [-0.25, -0.2) is 9.59 Å². The molecule has 0 aliphatic heterocycles. The van der Waals surface area contributed by atoms with E-state index in [0.717, 1.165) is 12.8 Å². The number of urea groups is 1. The minimum atomic E-state index is -1.25. The monoisotopic (exact) mass is 392 g/mol. The number of carboxylic acids is 3. The molecular weight excluding hydrogens is 364 g/mol. The van der Waals surface area contributed by atoms with Crippen LogP contribution in [0.3, 0.4) is 0 Å². The number of carboxylic acid groups (broad SMARTS) is 3. The van der Waals surface area contributed by atoms with Gasteiger partial charge < -0.3 is 37.0 Å². The zero-order valence-electron chi connectivity index (χ0n) is 15.2. The van der Waals surface area contributed by atoms with Gasteiger partial charge in [0.2, 0.25) is 5.91 Å². The third-order valence-corrected chi connectivity index (χ3v) is 3.05. The van der Waals surface area contributed by atoms with Gasteiger partial charge in [-0.2, -0.15) is 0 Å². The molecule has 156 valence electrons. The molecule has 0 aromatic heterocycles. The van der Waals surface area contributed by atoms with Gasteiger partial charge in [-0.1, -0.05) is 6.42 Å². The van der Waals surface area contributed by atoms with Gasteiger partial charge in [-0.3, -0.25) is 14.4 Å². The number of hydrogen-bond acceptors (Lipinski definition) is 6. The molecule has 0 aliphatic rings. The summed E-state index contributed by atoms with van der Waals surface area (Å²) in [6.07, 6.45) is 2.04. The fraction of sp³-hybridized carbons (Fsp3) is 0.667. The first-order valence-corrected chi connectivity index (χ1v) is 8.25. The second-order valence-electron chi connectivity index (χ2n) is 5.31. The largest absolute Gasteiger partial charge is 0.481 e. The molecule has 0 radical (unpaired) electrons. The van der Waals surface area contributed by atoms with Crippen molar-refractivity contribution in [2.45, 2.75) is 44.6 Å². The van der Waals surface area contributed by atoms with Crippen molar-refractivity contribution in [3.05, 3.63) is 0 Å². The van der Waals surface area contributed by atoms with E-state index >= 15 is 0 Å². The zero-order chi connectivity index (χ0) is 21.2. The Morgan fingerprint density at radius 3 is 1.96 bits per heavy atom. The Hall–Kier alpha value is -2.89. The minimum Gasteiger partial charge on any atom is -0.481 e. The Kier molecular flexibility index (Phi) is 16.2. The van der Waals surface area contributed by atoms with Gasteiger partial charge in [0.05, 0.1) is 6.54 Å². The standard InChI is InChI=1S/C8H16N2O3.C7H12N2O5/c9-6-7(11)10-5-3-1-2-4-8(12)13;1-8-7(14)9-4(6(12)13)2-3-5(10)11/h1-6,9H2,(H,10,11)(H,12,13);4H,2-3H2,1H3,(H,10,11)(H,12,13)(H2,8,9,14). The van der Waals surface area contributed by atoms with Gasteiger partial charge in [0.15, 0.2) is 0 Å². The Labute approximate surface area is 156 Å². The molecule has 0 heterocycles. The number of rotatable bonds is 12. The fourth-order valence-electron chi connectivity index (χ4n) is 1.63. The van der Waals surface area contributed by atoms with E-state index < -0.39 is 30.0 Å². The van der Waals surface area contributed by atoms with E-state index in [-0.39, 0.29) is 31.7 Å². The highest BCUT2D eigenvalue weighted by atomic mass is 16.4. The van der Waals surface area contributed by atoms with Crippen molar-refractivity contribution in [1.29, 1.82) is 0 Å². The van der Waals surface area contributed by atoms with Crippen LogP contribution in [0.2, 0.25) is 0 Å². The van der Waals surface area contributed by atoms with E-state index in [1.54, 1.807) is 0 Å². The molecule has 0 aromatic rings. The van der Waals surface area contributed by atoms with E-state index in [1.165, 1.54) is 7.05 Å². The Bertz CT molecular complexity index is 498. The van der Waals surface area contributed by atoms with Crippen LogP contribution in [0.25, 0.3) is 0 Å². The van der Waals surface area contributed by atoms with Crippen molar-refractivity contribution in [3.63, 3.8) is 0 Å². The number of unbranched alkanes of at least 4 members (excludes halogenated alkanes) is 2. The maximum absolute atomic E-state index is 10.7. The topological polar surface area (TPSA) is 208 Å². The van der Waals surface area contributed by atoms with Crippen molar-refractivity contribution in [3.8, 4) is 0 Å². The Morgan fingerprint density at radius 2 is 1.52 bits per heavy atom. The Balaban J connectivity index is 0. The molecule has 0 aliphatic carbocycles. The zero-order valence-corrected chi connectivity index (χ0v) is 15.2. The van der Waals surface area contributed by atoms with Crippen LogP contribution in [-0.2, 0) is 19.2 Å². The van der Waals surface area contributed by atoms with Gasteiger partial charge in [0.25, 0.3) is 0 Å². The van der Waals surface area contributed by atoms with Gasteiger partial charge in [-0.15, -0.1) is 0 Å². The van der Waals surface area contributed by atoms with Crippen LogP contribution in [0.15, 0.2) is 0 Å². The van der Waals surface area contributed by atoms with Crippen molar-refractivity contribution in [1.82, 2.24) is 16.0 Å². The molecule has 0 aromatic carbocycles. The van der Waals surface area contributed by atoms with E-state index in [1.807, 2.05) is 0 Å². The molecule has 0 spiro atoms. The predicted molar refractivity (Wildman–Crippen MR) is 94.1 cm³/mol. The average molecular weight is 392 g/mol. The molecule has 12 nitrogen and oxygen atoms in total. The van der Waals surface area contributed by atoms with Gasteiger partial charge in [0, 0.05) is 26.4 Å². The second kappa shape index (κ2) is 16.6. The molecule has 12 heteroatoms. The third kappa shape index (κ3) is 19.3. The number of nitrogens with two attached hydrogens (primary N) is 1. The van der Waals surface area contributed by atoms with E-state index in [0.29, 0.717) is 13.0 Å². The van der Waals surface area contributed by atoms with Crippen LogP contribution < -0.4 is 21.7 Å². The summed E-state index contributed by atoms with van der Waals surface area (Å²) in [6.45, 7) is 0.588. The van der Waals surface area contributed by atoms with E-state index in [9.17, 15) is 24.0 Å². The molecule has 0 saturated heterocycles. The molecule has 0 fully saturated rings. The number of nitrogens with one attached hydrogen (secondary N) is 3. The molecule has 27 heavy (non-hydrogen) atoms. The fourth-order valence-corrected chi connectivity index (χ4v) is 1.63. The third-order valence-electron chi connectivity index (χ3n) is 3.05. The molecule has 0 rings (SSSR count). The first-order chi connectivity index (χ1) is 12.6. The number of aliphatic carboxylic acids is 3. The van der Waals surface area contributed by atoms with Gasteiger partial charge in [-0.05, 0) is 19.3 Å². The number of carbonyl (C=O) groups is 5. The maximum atomic E-state index is 10.7. The lowest BCUT2D eigenvalue weighted by molar-refractivity contribution is -0.141. The summed E-state index contributed by atoms with van der Waals surface area (Å²) in [6, 6.07) is -1.83. The summed E-state index contributed by atoms with van der Waals surface area (Å²) in [5.74, 6) is -3.30. The molecule has 0 bridgehead atoms. The normalized spacial score (nSPS) is 10.6. The summed E-state index contributed by atoms with van der Waals surface area (Å²) < 4.78 is 0. The average Bonchev–Trinajstić information content (AvgIpc) is 2.60. The molecule has 0 saturated carbocycles. The summed E-state index contributed by atoms with van der Waals surface area (Å²) >= 11 is 0. The van der Waals surface area contributed by atoms with Crippen molar-refractivity contribution in [2.75, 3.05) is 20.1 Å². The molecule has 1 unspecified atom stereocenters. The van der Waals surface area contributed by atoms with Crippen molar-refractivity contribution < 1.29 is 39.3 Å². The summed E-state index contributed by atoms with van der Waals surface area (Å²) in [4.78, 5) is 52.1. The smallest absolute Gasteiger partial charge is 0.326 e. The summed E-state index contributed by atoms with van der Waals surface area (Å²) in [5, 5.41) is 32.1. The van der Waals surface area contributed by atoms with Crippen LogP contribution in [0.4, 0.5) is 4.79 Å². The lowest BCUT2D eigenvalue weighted by Gasteiger charge is -2.12. The minimum absolute atomic E-state index is 0.00905. The number of carbonyl (C=O) groups excluding carboxylic acids is 2. The lowest BCUT2D eigenvalue weighted by Crippen LogP contribution is -2.45. The number of hydrogen-bond donors (Lipinski definition) is 7. The van der Waals surface area contributed by atoms with Crippen LogP contribution in [-0.4, -0.2) is 71.3 Å². The van der Waals surface area contributed by atoms with E-state index in [2.05, 4.69) is 16.0 Å². The SMILES string of the molecule is CNC(=O)NC(CCC(=O)O)C(=O)O.NCC(=O)NCCCCCC(=O)O. The van der Waals surface area contributed by atoms with Gasteiger partial charge >= 0.3 is 23.9 Å². The highest BCUT2D eigenvalue weighted by Gasteiger charge is 2.19. The van der Waals surface area contributed by atoms with Crippen LogP contribution >= 0.6 is 0 Å². The highest BCUT2D eigenvalue weighted by molar-refractivity contribution is 5.82. The molecule has 3 amide bonds. The molecular formula is C15H28N4O8. The first kappa shape index (κ1) is 26.3. The number of amides is 3. The summed E-state index contributed by atoms with van der Waals surface area (Å²) in [7, 11) is 1.34. The maximum Gasteiger partial charge on any atom is 0.326 e. The second-order valence-corrected chi connectivity index (χ2v) is 5.31. The predicted octanol–water partition coefficient (Wildman–Crippen LogP) is -1.06.